The molecule has 0 radical (unpaired) electrons. The third-order valence-corrected chi connectivity index (χ3v) is 14.5. The van der Waals surface area contributed by atoms with Crippen molar-refractivity contribution in [2.45, 2.75) is 244 Å². The minimum absolute atomic E-state index is 0.0686. The number of piperidine rings is 3. The van der Waals surface area contributed by atoms with E-state index in [1.165, 1.54) is 7.11 Å². The lowest BCUT2D eigenvalue weighted by molar-refractivity contribution is -0.204. The van der Waals surface area contributed by atoms with Crippen LogP contribution in [-0.2, 0) is 80.5 Å². The number of hydrogen-bond acceptors (Lipinski definition) is 14. The number of hydrogen-bond donors (Lipinski definition) is 2. The highest BCUT2D eigenvalue weighted by atomic mass is 19.4. The molecule has 0 aliphatic carbocycles. The molecule has 29 heteroatoms. The number of nitrogens with two attached hydrogens (primary N) is 1. The van der Waals surface area contributed by atoms with Crippen molar-refractivity contribution < 1.29 is 110 Å². The van der Waals surface area contributed by atoms with Gasteiger partial charge in [0, 0.05) is 77.2 Å². The highest BCUT2D eigenvalue weighted by Crippen LogP contribution is 2.41. The van der Waals surface area contributed by atoms with Gasteiger partial charge in [0.15, 0.2) is 5.79 Å². The van der Waals surface area contributed by atoms with Gasteiger partial charge in [-0.15, -0.1) is 0 Å². The summed E-state index contributed by atoms with van der Waals surface area (Å²) in [5.41, 5.74) is -2.47. The summed E-state index contributed by atoms with van der Waals surface area (Å²) in [6.45, 7) is 23.2. The van der Waals surface area contributed by atoms with Gasteiger partial charge >= 0.3 is 43.0 Å². The van der Waals surface area contributed by atoms with E-state index in [-0.39, 0.29) is 91.1 Å². The Balaban J connectivity index is 0.000000328. The van der Waals surface area contributed by atoms with E-state index in [4.69, 9.17) is 38.9 Å². The van der Waals surface area contributed by atoms with Gasteiger partial charge in [-0.25, -0.2) is 14.4 Å². The van der Waals surface area contributed by atoms with Gasteiger partial charge in [-0.3, -0.25) is 19.5 Å². The van der Waals surface area contributed by atoms with Crippen molar-refractivity contribution in [1.29, 1.82) is 0 Å². The van der Waals surface area contributed by atoms with Crippen molar-refractivity contribution in [1.82, 2.24) is 20.0 Å². The quantitative estimate of drug-likeness (QED) is 0.116. The van der Waals surface area contributed by atoms with Crippen molar-refractivity contribution >= 4 is 30.3 Å². The zero-order valence-electron chi connectivity index (χ0n) is 53.5. The molecule has 3 N–H and O–H groups in total. The summed E-state index contributed by atoms with van der Waals surface area (Å²) in [4.78, 5) is 65.7. The minimum atomic E-state index is -4.90. The number of Topliss-reactive ketones (excluding diaryl/α,β-unsaturated/α-hetero) is 1. The van der Waals surface area contributed by atoms with Crippen LogP contribution in [0.25, 0.3) is 0 Å². The zero-order valence-corrected chi connectivity index (χ0v) is 53.5. The number of amides is 3. The van der Waals surface area contributed by atoms with Gasteiger partial charge in [0.2, 0.25) is 0 Å². The lowest BCUT2D eigenvalue weighted by atomic mass is 9.89. The molecule has 0 saturated carbocycles. The Morgan fingerprint density at radius 1 is 0.556 bits per heavy atom. The Labute approximate surface area is 518 Å². The van der Waals surface area contributed by atoms with Crippen LogP contribution in [-0.4, -0.2) is 151 Å². The predicted molar refractivity (Wildman–Crippen MR) is 306 cm³/mol. The lowest BCUT2D eigenvalue weighted by Gasteiger charge is -2.46. The molecule has 514 valence electrons. The van der Waals surface area contributed by atoms with Crippen LogP contribution in [0.2, 0.25) is 0 Å². The van der Waals surface area contributed by atoms with Crippen LogP contribution >= 0.6 is 0 Å². The molecule has 90 heavy (non-hydrogen) atoms. The summed E-state index contributed by atoms with van der Waals surface area (Å²) in [5, 5.41) is 3.09. The summed E-state index contributed by atoms with van der Waals surface area (Å²) in [6.07, 6.45) is -15.3. The Morgan fingerprint density at radius 2 is 0.922 bits per heavy atom. The molecule has 4 fully saturated rings. The van der Waals surface area contributed by atoms with Gasteiger partial charge < -0.3 is 49.0 Å². The first-order valence-corrected chi connectivity index (χ1v) is 29.5. The molecule has 2 aromatic rings. The van der Waals surface area contributed by atoms with Gasteiger partial charge in [-0.05, 0) is 142 Å². The summed E-state index contributed by atoms with van der Waals surface area (Å²) in [5.74, 6) is -0.529. The van der Waals surface area contributed by atoms with Crippen molar-refractivity contribution in [3.05, 3.63) is 69.8 Å². The minimum Gasteiger partial charge on any atom is -0.444 e. The fourth-order valence-electron chi connectivity index (χ4n) is 10.7. The number of carbonyl (C=O) groups excluding carboxylic acids is 5. The Bertz CT molecular complexity index is 2580. The molecular formula is C61H89F12N5O12. The number of halogens is 12. The smallest absolute Gasteiger partial charge is 0.416 e. The Kier molecular flexibility index (Phi) is 28.3. The molecule has 17 nitrogen and oxygen atoms in total. The van der Waals surface area contributed by atoms with Crippen LogP contribution in [0.3, 0.4) is 0 Å². The van der Waals surface area contributed by atoms with Crippen LogP contribution in [0, 0.1) is 0 Å². The van der Waals surface area contributed by atoms with Gasteiger partial charge in [0.05, 0.1) is 66.8 Å². The molecule has 4 heterocycles. The average molecular weight is 1310 g/mol. The molecule has 3 amide bonds. The van der Waals surface area contributed by atoms with E-state index >= 15 is 0 Å². The highest BCUT2D eigenvalue weighted by Gasteiger charge is 2.51. The van der Waals surface area contributed by atoms with Crippen LogP contribution in [0.4, 0.5) is 67.1 Å². The zero-order chi connectivity index (χ0) is 68.8. The second-order valence-electron chi connectivity index (χ2n) is 25.3. The third kappa shape index (κ3) is 24.5. The Morgan fingerprint density at radius 3 is 1.29 bits per heavy atom. The van der Waals surface area contributed by atoms with Crippen LogP contribution < -0.4 is 11.1 Å². The molecule has 2 aromatic carbocycles. The van der Waals surface area contributed by atoms with E-state index < -0.39 is 87.8 Å². The molecule has 4 saturated heterocycles. The number of nitrogens with zero attached hydrogens (tertiary/aromatic N) is 3. The summed E-state index contributed by atoms with van der Waals surface area (Å²) in [7, 11) is 3.07. The first-order chi connectivity index (χ1) is 41.3. The first-order valence-electron chi connectivity index (χ1n) is 29.5. The topological polar surface area (TPSA) is 198 Å². The van der Waals surface area contributed by atoms with E-state index in [2.05, 4.69) is 5.32 Å². The van der Waals surface area contributed by atoms with Gasteiger partial charge in [-0.2, -0.15) is 52.7 Å². The number of aldehydes is 1. The lowest BCUT2D eigenvalue weighted by Crippen LogP contribution is -2.59. The van der Waals surface area contributed by atoms with E-state index in [0.717, 1.165) is 31.3 Å². The van der Waals surface area contributed by atoms with Crippen LogP contribution in [0.15, 0.2) is 36.4 Å². The maximum atomic E-state index is 13.1. The van der Waals surface area contributed by atoms with E-state index in [0.29, 0.717) is 76.9 Å². The van der Waals surface area contributed by atoms with Crippen molar-refractivity contribution in [2.24, 2.45) is 5.73 Å². The summed E-state index contributed by atoms with van der Waals surface area (Å²) >= 11 is 0. The number of alkyl halides is 12. The SMILES string of the molecule is CC[C@@H]1CC(=O)C[C@H](COC)N1C(=O)OC(C)(C)C.CC[C@@H]1CC2(C[C@H](C=O)N1C(=O)OC(C)(C)C)OCCO2.CC[C@@H]1C[C@H](NCc2cc(C(F)(F)F)cc(C(F)(F)F)c2)C[C@H](COC)N1C(=O)OC(C)(C)C.NCc1cc(C(F)(F)F)cc(C(F)(F)F)c1. The fraction of sp³-hybridized carbons (Fsp3) is 0.721. The average Bonchev–Trinajstić information content (AvgIpc) is 2.19. The summed E-state index contributed by atoms with van der Waals surface area (Å²) in [6, 6.07) is 1.02. The molecule has 0 bridgehead atoms. The molecule has 1 spiro atoms. The third-order valence-electron chi connectivity index (χ3n) is 14.5. The molecule has 0 aromatic heterocycles. The van der Waals surface area contributed by atoms with Crippen molar-refractivity contribution in [2.75, 3.05) is 40.6 Å². The maximum Gasteiger partial charge on any atom is 0.416 e. The second-order valence-corrected chi connectivity index (χ2v) is 25.3. The number of nitrogens with one attached hydrogen (secondary N) is 1. The van der Waals surface area contributed by atoms with Crippen molar-refractivity contribution in [3.8, 4) is 0 Å². The number of ketones is 1. The number of benzene rings is 2. The van der Waals surface area contributed by atoms with Gasteiger partial charge in [0.1, 0.15) is 28.9 Å². The monoisotopic (exact) mass is 1310 g/mol. The number of rotatable bonds is 12. The van der Waals surface area contributed by atoms with E-state index in [1.807, 2.05) is 62.3 Å². The molecule has 0 unspecified atom stereocenters. The van der Waals surface area contributed by atoms with E-state index in [9.17, 15) is 76.7 Å². The molecule has 4 aliphatic rings. The molecular weight excluding hydrogens is 1220 g/mol. The molecule has 7 atom stereocenters. The van der Waals surface area contributed by atoms with Gasteiger partial charge in [0.25, 0.3) is 0 Å². The molecule has 4 aliphatic heterocycles. The van der Waals surface area contributed by atoms with Crippen molar-refractivity contribution in [3.63, 3.8) is 0 Å². The first kappa shape index (κ1) is 78.8. The molecule has 6 rings (SSSR count). The number of likely N-dealkylation sites (tertiary alicyclic amines) is 3. The number of ether oxygens (including phenoxy) is 7. The standard InChI is InChI=1S/C23H32F6N2O3.C15H25NO5.C14H25NO4.C9H7F6N/c1-6-18-10-17(11-19(13-33-5)31(18)20(32)34-21(2,3)4)30-12-14-7-15(22(24,25)26)9-16(8-14)23(27,28)29;1-5-11-8-15(19-6-7-20-15)9-12(10-17)16(11)13(18)21-14(2,3)4;1-6-10-7-12(16)8-11(9-18-5)15(10)13(17)19-14(2,3)4;10-8(11,12)6-1-5(4-16)2-7(3-6)9(13,14)15/h7-9,17-19,30H,6,10-13H2,1-5H3;10-12H,5-9H2,1-4H3;10-11H,6-9H2,1-5H3;1-3H,4,16H2/t17-,18+,19+;11-,12-;10-,11-;/m011./s1. The summed E-state index contributed by atoms with van der Waals surface area (Å²) < 4.78 is 191. The fourth-order valence-corrected chi connectivity index (χ4v) is 10.7. The van der Waals surface area contributed by atoms with E-state index in [1.54, 1.807) is 42.6 Å². The highest BCUT2D eigenvalue weighted by molar-refractivity contribution is 5.83. The Hall–Kier alpha value is -5.49. The van der Waals surface area contributed by atoms with Gasteiger partial charge in [-0.1, -0.05) is 20.8 Å². The largest absolute Gasteiger partial charge is 0.444 e. The van der Waals surface area contributed by atoms with Crippen LogP contribution in [0.5, 0.6) is 0 Å². The predicted octanol–water partition coefficient (Wildman–Crippen LogP) is 13.7. The normalized spacial score (nSPS) is 22.5. The van der Waals surface area contributed by atoms with Crippen LogP contribution in [0.1, 0.15) is 174 Å². The maximum absolute atomic E-state index is 13.1. The number of carbonyl (C=O) groups is 5. The second kappa shape index (κ2) is 32.4. The number of methoxy groups -OCH3 is 2.